The zero-order chi connectivity index (χ0) is 20.4. The van der Waals surface area contributed by atoms with Crippen molar-refractivity contribution in [2.75, 3.05) is 21.1 Å². The fourth-order valence-electron chi connectivity index (χ4n) is 2.49. The fraction of sp³-hybridized carbons (Fsp3) is 0.300. The van der Waals surface area contributed by atoms with E-state index in [1.165, 1.54) is 43.3 Å². The SMILES string of the molecule is Cc1ccc(C(=O)C(C)N(C)C(=O)c2ccc(S(=O)(=O)N(C)C)cc2)cc1. The highest BCUT2D eigenvalue weighted by Gasteiger charge is 2.25. The van der Waals surface area contributed by atoms with Gasteiger partial charge in [-0.25, -0.2) is 12.7 Å². The third-order valence-electron chi connectivity index (χ3n) is 4.50. The molecule has 0 saturated heterocycles. The number of nitrogens with zero attached hydrogens (tertiary/aromatic N) is 2. The van der Waals surface area contributed by atoms with Gasteiger partial charge in [0.25, 0.3) is 5.91 Å². The highest BCUT2D eigenvalue weighted by molar-refractivity contribution is 7.89. The number of ketones is 1. The number of rotatable bonds is 6. The molecule has 0 saturated carbocycles. The first kappa shape index (κ1) is 20.8. The maximum Gasteiger partial charge on any atom is 0.254 e. The average Bonchev–Trinajstić information content (AvgIpc) is 2.66. The number of amides is 1. The molecule has 0 fully saturated rings. The molecule has 0 aliphatic carbocycles. The topological polar surface area (TPSA) is 74.8 Å². The quantitative estimate of drug-likeness (QED) is 0.713. The standard InChI is InChI=1S/C20H24N2O4S/c1-14-6-8-16(9-7-14)19(23)15(2)22(5)20(24)17-10-12-18(13-11-17)27(25,26)21(3)4/h6-13,15H,1-5H3. The van der Waals surface area contributed by atoms with Gasteiger partial charge in [-0.05, 0) is 38.1 Å². The number of hydrogen-bond donors (Lipinski definition) is 0. The minimum Gasteiger partial charge on any atom is -0.332 e. The van der Waals surface area contributed by atoms with E-state index in [1.807, 2.05) is 19.1 Å². The molecule has 1 amide bonds. The molecule has 7 heteroatoms. The second-order valence-electron chi connectivity index (χ2n) is 6.63. The third-order valence-corrected chi connectivity index (χ3v) is 6.33. The van der Waals surface area contributed by atoms with Gasteiger partial charge < -0.3 is 4.90 Å². The van der Waals surface area contributed by atoms with Crippen molar-refractivity contribution in [2.24, 2.45) is 0 Å². The lowest BCUT2D eigenvalue weighted by Gasteiger charge is -2.24. The van der Waals surface area contributed by atoms with Crippen molar-refractivity contribution in [2.45, 2.75) is 24.8 Å². The number of hydrogen-bond acceptors (Lipinski definition) is 4. The predicted molar refractivity (Wildman–Crippen MR) is 104 cm³/mol. The largest absolute Gasteiger partial charge is 0.332 e. The van der Waals surface area contributed by atoms with E-state index >= 15 is 0 Å². The summed E-state index contributed by atoms with van der Waals surface area (Å²) >= 11 is 0. The van der Waals surface area contributed by atoms with Crippen LogP contribution in [0.2, 0.25) is 0 Å². The molecule has 0 N–H and O–H groups in total. The number of carbonyl (C=O) groups excluding carboxylic acids is 2. The number of Topliss-reactive ketones (excluding diaryl/α,β-unsaturated/α-hetero) is 1. The van der Waals surface area contributed by atoms with Gasteiger partial charge >= 0.3 is 0 Å². The molecule has 0 bridgehead atoms. The smallest absolute Gasteiger partial charge is 0.254 e. The van der Waals surface area contributed by atoms with Crippen LogP contribution < -0.4 is 0 Å². The first-order chi connectivity index (χ1) is 12.6. The normalized spacial score (nSPS) is 12.7. The molecule has 0 heterocycles. The summed E-state index contributed by atoms with van der Waals surface area (Å²) in [5.41, 5.74) is 1.91. The van der Waals surface area contributed by atoms with Crippen LogP contribution in [0.15, 0.2) is 53.4 Å². The summed E-state index contributed by atoms with van der Waals surface area (Å²) in [5, 5.41) is 0. The maximum atomic E-state index is 12.7. The van der Waals surface area contributed by atoms with Crippen LogP contribution in [0.4, 0.5) is 0 Å². The minimum absolute atomic E-state index is 0.107. The van der Waals surface area contributed by atoms with Gasteiger partial charge in [0.15, 0.2) is 5.78 Å². The zero-order valence-corrected chi connectivity index (χ0v) is 16.9. The first-order valence-corrected chi connectivity index (χ1v) is 9.90. The predicted octanol–water partition coefficient (Wildman–Crippen LogP) is 2.59. The zero-order valence-electron chi connectivity index (χ0n) is 16.1. The maximum absolute atomic E-state index is 12.7. The summed E-state index contributed by atoms with van der Waals surface area (Å²) < 4.78 is 25.3. The Morgan fingerprint density at radius 3 is 1.81 bits per heavy atom. The monoisotopic (exact) mass is 388 g/mol. The fourth-order valence-corrected chi connectivity index (χ4v) is 3.40. The highest BCUT2D eigenvalue weighted by atomic mass is 32.2. The summed E-state index contributed by atoms with van der Waals surface area (Å²) in [7, 11) is 0.894. The molecule has 0 spiro atoms. The summed E-state index contributed by atoms with van der Waals surface area (Å²) in [6, 6.07) is 12.2. The molecule has 0 aromatic heterocycles. The van der Waals surface area contributed by atoms with Crippen LogP contribution in [-0.4, -0.2) is 56.5 Å². The molecule has 0 radical (unpaired) electrons. The number of carbonyl (C=O) groups is 2. The average molecular weight is 388 g/mol. The Hall–Kier alpha value is -2.51. The number of benzene rings is 2. The number of likely N-dealkylation sites (N-methyl/N-ethyl adjacent to an activating group) is 1. The van der Waals surface area contributed by atoms with E-state index in [4.69, 9.17) is 0 Å². The first-order valence-electron chi connectivity index (χ1n) is 8.46. The molecule has 2 rings (SSSR count). The minimum atomic E-state index is -3.55. The summed E-state index contributed by atoms with van der Waals surface area (Å²) in [4.78, 5) is 26.8. The van der Waals surface area contributed by atoms with Crippen molar-refractivity contribution in [3.8, 4) is 0 Å². The van der Waals surface area contributed by atoms with E-state index in [0.717, 1.165) is 9.87 Å². The molecule has 6 nitrogen and oxygen atoms in total. The van der Waals surface area contributed by atoms with Gasteiger partial charge in [-0.1, -0.05) is 29.8 Å². The second-order valence-corrected chi connectivity index (χ2v) is 8.79. The summed E-state index contributed by atoms with van der Waals surface area (Å²) in [5.74, 6) is -0.505. The Bertz CT molecular complexity index is 933. The van der Waals surface area contributed by atoms with Crippen LogP contribution in [0.3, 0.4) is 0 Å². The summed E-state index contributed by atoms with van der Waals surface area (Å²) in [6.45, 7) is 3.61. The molecular formula is C20H24N2O4S. The van der Waals surface area contributed by atoms with Crippen molar-refractivity contribution in [1.29, 1.82) is 0 Å². The van der Waals surface area contributed by atoms with Gasteiger partial charge in [0.1, 0.15) is 0 Å². The number of sulfonamides is 1. The number of aryl methyl sites for hydroxylation is 1. The Balaban J connectivity index is 2.19. The molecule has 0 aliphatic rings. The molecule has 2 aromatic rings. The van der Waals surface area contributed by atoms with Crippen LogP contribution in [0.5, 0.6) is 0 Å². The van der Waals surface area contributed by atoms with Gasteiger partial charge in [-0.2, -0.15) is 0 Å². The van der Waals surface area contributed by atoms with Gasteiger partial charge in [-0.15, -0.1) is 0 Å². The van der Waals surface area contributed by atoms with Crippen LogP contribution in [0.25, 0.3) is 0 Å². The van der Waals surface area contributed by atoms with Crippen molar-refractivity contribution >= 4 is 21.7 Å². The molecule has 1 atom stereocenters. The molecule has 27 heavy (non-hydrogen) atoms. The van der Waals surface area contributed by atoms with Crippen LogP contribution in [0, 0.1) is 6.92 Å². The Labute approximate surface area is 160 Å². The Morgan fingerprint density at radius 1 is 0.852 bits per heavy atom. The summed E-state index contributed by atoms with van der Waals surface area (Å²) in [6.07, 6.45) is 0. The lowest BCUT2D eigenvalue weighted by atomic mass is 10.0. The van der Waals surface area contributed by atoms with Gasteiger partial charge in [0.2, 0.25) is 10.0 Å². The van der Waals surface area contributed by atoms with Crippen molar-refractivity contribution in [3.63, 3.8) is 0 Å². The Kier molecular flexibility index (Phi) is 6.18. The van der Waals surface area contributed by atoms with E-state index in [0.29, 0.717) is 11.1 Å². The molecule has 1 unspecified atom stereocenters. The van der Waals surface area contributed by atoms with Crippen molar-refractivity contribution < 1.29 is 18.0 Å². The van der Waals surface area contributed by atoms with Gasteiger partial charge in [0.05, 0.1) is 10.9 Å². The van der Waals surface area contributed by atoms with E-state index in [2.05, 4.69) is 0 Å². The lowest BCUT2D eigenvalue weighted by molar-refractivity contribution is 0.0675. The molecule has 0 aliphatic heterocycles. The van der Waals surface area contributed by atoms with Crippen LogP contribution in [-0.2, 0) is 10.0 Å². The third kappa shape index (κ3) is 4.43. The van der Waals surface area contributed by atoms with E-state index in [-0.39, 0.29) is 16.6 Å². The van der Waals surface area contributed by atoms with E-state index < -0.39 is 16.1 Å². The van der Waals surface area contributed by atoms with Crippen LogP contribution >= 0.6 is 0 Å². The van der Waals surface area contributed by atoms with E-state index in [1.54, 1.807) is 26.1 Å². The second kappa shape index (κ2) is 8.02. The van der Waals surface area contributed by atoms with E-state index in [9.17, 15) is 18.0 Å². The molecular weight excluding hydrogens is 364 g/mol. The van der Waals surface area contributed by atoms with Crippen LogP contribution in [0.1, 0.15) is 33.2 Å². The Morgan fingerprint density at radius 2 is 1.33 bits per heavy atom. The van der Waals surface area contributed by atoms with Gasteiger partial charge in [-0.3, -0.25) is 9.59 Å². The lowest BCUT2D eigenvalue weighted by Crippen LogP contribution is -2.40. The van der Waals surface area contributed by atoms with Crippen molar-refractivity contribution in [1.82, 2.24) is 9.21 Å². The van der Waals surface area contributed by atoms with Crippen molar-refractivity contribution in [3.05, 3.63) is 65.2 Å². The molecule has 2 aromatic carbocycles. The highest BCUT2D eigenvalue weighted by Crippen LogP contribution is 2.17. The molecule has 144 valence electrons. The van der Waals surface area contributed by atoms with Gasteiger partial charge in [0, 0.05) is 32.3 Å².